The largest absolute Gasteiger partial charge is 0.507 e. The third-order valence-electron chi connectivity index (χ3n) is 3.17. The zero-order valence-corrected chi connectivity index (χ0v) is 13.5. The van der Waals surface area contributed by atoms with Crippen LogP contribution in [0, 0.1) is 6.92 Å². The van der Waals surface area contributed by atoms with E-state index in [9.17, 15) is 9.90 Å². The standard InChI is InChI=1S/C13H11ClN8O3/c1-6-10(17-21-22(6)12-11(15)19-25-20-12)13(24)18-16-5-7-4-8(14)2-3-9(7)23/h2-5,23H,1H3,(H2,15,19)(H,18,24)/b16-5+. The van der Waals surface area contributed by atoms with E-state index in [-0.39, 0.29) is 23.1 Å². The number of hydrazone groups is 1. The average Bonchev–Trinajstić information content (AvgIpc) is 3.16. The van der Waals surface area contributed by atoms with Crippen LogP contribution in [0.15, 0.2) is 27.9 Å². The Labute approximate surface area is 145 Å². The fourth-order valence-corrected chi connectivity index (χ4v) is 2.10. The number of benzene rings is 1. The normalized spacial score (nSPS) is 11.1. The highest BCUT2D eigenvalue weighted by atomic mass is 35.5. The van der Waals surface area contributed by atoms with Gasteiger partial charge >= 0.3 is 0 Å². The molecule has 0 spiro atoms. The number of halogens is 1. The molecular weight excluding hydrogens is 352 g/mol. The lowest BCUT2D eigenvalue weighted by molar-refractivity contribution is 0.0949. The summed E-state index contributed by atoms with van der Waals surface area (Å²) in [7, 11) is 0. The topological polar surface area (TPSA) is 157 Å². The number of nitrogens with one attached hydrogen (secondary N) is 1. The van der Waals surface area contributed by atoms with Gasteiger partial charge in [-0.15, -0.1) is 5.10 Å². The van der Waals surface area contributed by atoms with Crippen LogP contribution in [-0.4, -0.2) is 42.5 Å². The summed E-state index contributed by atoms with van der Waals surface area (Å²) in [5.41, 5.74) is 8.57. The van der Waals surface area contributed by atoms with Crippen LogP contribution in [0.4, 0.5) is 5.82 Å². The molecule has 2 heterocycles. The predicted molar refractivity (Wildman–Crippen MR) is 86.5 cm³/mol. The van der Waals surface area contributed by atoms with Crippen molar-refractivity contribution in [3.8, 4) is 11.6 Å². The number of carbonyl (C=O) groups excluding carboxylic acids is 1. The van der Waals surface area contributed by atoms with Crippen molar-refractivity contribution in [2.45, 2.75) is 6.92 Å². The minimum Gasteiger partial charge on any atom is -0.507 e. The average molecular weight is 363 g/mol. The Kier molecular flexibility index (Phi) is 4.31. The third kappa shape index (κ3) is 3.26. The van der Waals surface area contributed by atoms with Crippen LogP contribution in [0.5, 0.6) is 5.75 Å². The number of nitrogens with two attached hydrogens (primary N) is 1. The lowest BCUT2D eigenvalue weighted by atomic mass is 10.2. The van der Waals surface area contributed by atoms with Crippen LogP contribution >= 0.6 is 11.6 Å². The number of amides is 1. The molecule has 1 aromatic carbocycles. The number of aromatic nitrogens is 5. The van der Waals surface area contributed by atoms with E-state index in [0.29, 0.717) is 16.3 Å². The molecule has 3 rings (SSSR count). The SMILES string of the molecule is Cc1c(C(=O)N/N=C/c2cc(Cl)ccc2O)nnn1-c1nonc1N. The zero-order valence-electron chi connectivity index (χ0n) is 12.7. The Bertz CT molecular complexity index is 964. The molecule has 0 unspecified atom stereocenters. The number of phenols is 1. The molecule has 1 amide bonds. The monoisotopic (exact) mass is 362 g/mol. The number of hydrogen-bond donors (Lipinski definition) is 3. The number of hydrogen-bond acceptors (Lipinski definition) is 9. The van der Waals surface area contributed by atoms with Gasteiger partial charge in [-0.2, -0.15) is 9.78 Å². The molecule has 0 saturated heterocycles. The Morgan fingerprint density at radius 3 is 3.00 bits per heavy atom. The number of anilines is 1. The van der Waals surface area contributed by atoms with Crippen LogP contribution in [0.1, 0.15) is 21.7 Å². The highest BCUT2D eigenvalue weighted by Gasteiger charge is 2.20. The van der Waals surface area contributed by atoms with Crippen LogP contribution < -0.4 is 11.2 Å². The van der Waals surface area contributed by atoms with Crippen molar-refractivity contribution in [3.63, 3.8) is 0 Å². The first kappa shape index (κ1) is 16.4. The second-order valence-electron chi connectivity index (χ2n) is 4.81. The van der Waals surface area contributed by atoms with Crippen molar-refractivity contribution < 1.29 is 14.5 Å². The number of phenolic OH excluding ortho intramolecular Hbond substituents is 1. The van der Waals surface area contributed by atoms with E-state index in [0.717, 1.165) is 0 Å². The summed E-state index contributed by atoms with van der Waals surface area (Å²) in [6, 6.07) is 4.44. The minimum absolute atomic E-state index is 0.00871. The summed E-state index contributed by atoms with van der Waals surface area (Å²) < 4.78 is 5.70. The molecule has 0 aliphatic rings. The summed E-state index contributed by atoms with van der Waals surface area (Å²) in [5.74, 6) is -0.513. The van der Waals surface area contributed by atoms with Crippen LogP contribution in [0.3, 0.4) is 0 Å². The van der Waals surface area contributed by atoms with Crippen molar-refractivity contribution in [1.82, 2.24) is 30.7 Å². The van der Waals surface area contributed by atoms with Gasteiger partial charge in [0, 0.05) is 10.6 Å². The summed E-state index contributed by atoms with van der Waals surface area (Å²) >= 11 is 5.83. The van der Waals surface area contributed by atoms with Crippen molar-refractivity contribution in [2.75, 3.05) is 5.73 Å². The van der Waals surface area contributed by atoms with Gasteiger partial charge in [-0.1, -0.05) is 16.8 Å². The highest BCUT2D eigenvalue weighted by Crippen LogP contribution is 2.19. The molecule has 2 aromatic heterocycles. The molecule has 0 atom stereocenters. The first-order chi connectivity index (χ1) is 12.0. The van der Waals surface area contributed by atoms with E-state index in [1.807, 2.05) is 0 Å². The van der Waals surface area contributed by atoms with Gasteiger partial charge in [0.1, 0.15) is 5.75 Å². The van der Waals surface area contributed by atoms with Gasteiger partial charge in [0.2, 0.25) is 11.6 Å². The summed E-state index contributed by atoms with van der Waals surface area (Å²) in [4.78, 5) is 12.2. The quantitative estimate of drug-likeness (QED) is 0.451. The molecular formula is C13H11ClN8O3. The molecule has 3 aromatic rings. The number of nitrogen functional groups attached to an aromatic ring is 1. The smallest absolute Gasteiger partial charge is 0.293 e. The predicted octanol–water partition coefficient (Wildman–Crippen LogP) is 0.664. The zero-order chi connectivity index (χ0) is 18.0. The number of aromatic hydroxyl groups is 1. The van der Waals surface area contributed by atoms with E-state index in [1.165, 1.54) is 29.1 Å². The molecule has 12 heteroatoms. The van der Waals surface area contributed by atoms with Gasteiger partial charge in [0.15, 0.2) is 5.69 Å². The number of nitrogens with zero attached hydrogens (tertiary/aromatic N) is 6. The Hall–Kier alpha value is -3.47. The van der Waals surface area contributed by atoms with E-state index in [1.54, 1.807) is 6.92 Å². The van der Waals surface area contributed by atoms with Gasteiger partial charge in [0.05, 0.1) is 11.9 Å². The molecule has 0 radical (unpaired) electrons. The number of rotatable bonds is 4. The summed E-state index contributed by atoms with van der Waals surface area (Å²) in [6.07, 6.45) is 1.25. The Balaban J connectivity index is 1.76. The van der Waals surface area contributed by atoms with Crippen LogP contribution in [0.2, 0.25) is 5.02 Å². The van der Waals surface area contributed by atoms with Crippen LogP contribution in [0.25, 0.3) is 5.82 Å². The minimum atomic E-state index is -0.614. The summed E-state index contributed by atoms with van der Waals surface area (Å²) in [5, 5.41) is 28.4. The molecule has 0 fully saturated rings. The van der Waals surface area contributed by atoms with Gasteiger partial charge in [-0.25, -0.2) is 10.1 Å². The van der Waals surface area contributed by atoms with E-state index in [2.05, 4.69) is 35.8 Å². The van der Waals surface area contributed by atoms with E-state index < -0.39 is 5.91 Å². The maximum absolute atomic E-state index is 12.2. The first-order valence-electron chi connectivity index (χ1n) is 6.80. The van der Waals surface area contributed by atoms with E-state index in [4.69, 9.17) is 17.3 Å². The second-order valence-corrected chi connectivity index (χ2v) is 5.25. The molecule has 128 valence electrons. The van der Waals surface area contributed by atoms with Crippen molar-refractivity contribution in [1.29, 1.82) is 0 Å². The maximum Gasteiger partial charge on any atom is 0.293 e. The van der Waals surface area contributed by atoms with Gasteiger partial charge in [0.25, 0.3) is 5.91 Å². The highest BCUT2D eigenvalue weighted by molar-refractivity contribution is 6.30. The second kappa shape index (κ2) is 6.57. The first-order valence-corrected chi connectivity index (χ1v) is 7.18. The van der Waals surface area contributed by atoms with Gasteiger partial charge in [-0.3, -0.25) is 4.79 Å². The van der Waals surface area contributed by atoms with Crippen molar-refractivity contribution >= 4 is 29.5 Å². The lowest BCUT2D eigenvalue weighted by Gasteiger charge is -2.00. The fraction of sp³-hybridized carbons (Fsp3) is 0.0769. The van der Waals surface area contributed by atoms with Gasteiger partial charge in [-0.05, 0) is 35.4 Å². The third-order valence-corrected chi connectivity index (χ3v) is 3.40. The molecule has 4 N–H and O–H groups in total. The fourth-order valence-electron chi connectivity index (χ4n) is 1.92. The van der Waals surface area contributed by atoms with Gasteiger partial charge < -0.3 is 10.8 Å². The Morgan fingerprint density at radius 1 is 1.48 bits per heavy atom. The Morgan fingerprint density at radius 2 is 2.28 bits per heavy atom. The summed E-state index contributed by atoms with van der Waals surface area (Å²) in [6.45, 7) is 1.59. The van der Waals surface area contributed by atoms with Crippen molar-refractivity contribution in [3.05, 3.63) is 40.2 Å². The van der Waals surface area contributed by atoms with Crippen molar-refractivity contribution in [2.24, 2.45) is 5.10 Å². The molecule has 25 heavy (non-hydrogen) atoms. The van der Waals surface area contributed by atoms with Crippen LogP contribution in [-0.2, 0) is 0 Å². The lowest BCUT2D eigenvalue weighted by Crippen LogP contribution is -2.19. The van der Waals surface area contributed by atoms with E-state index >= 15 is 0 Å². The molecule has 0 saturated carbocycles. The molecule has 0 aliphatic heterocycles. The molecule has 11 nitrogen and oxygen atoms in total. The maximum atomic E-state index is 12.2. The molecule has 0 bridgehead atoms. The number of carbonyl (C=O) groups is 1. The molecule has 0 aliphatic carbocycles.